The van der Waals surface area contributed by atoms with Gasteiger partial charge in [-0.05, 0) is 71.5 Å². The van der Waals surface area contributed by atoms with Crippen molar-refractivity contribution in [2.24, 2.45) is 0 Å². The van der Waals surface area contributed by atoms with Gasteiger partial charge in [0.2, 0.25) is 0 Å². The summed E-state index contributed by atoms with van der Waals surface area (Å²) in [5.41, 5.74) is -0.490. The number of hydrogen-bond acceptors (Lipinski definition) is 4. The maximum Gasteiger partial charge on any atom is 0.407 e. The van der Waals surface area contributed by atoms with Crippen LogP contribution in [0.4, 0.5) is 4.79 Å². The average Bonchev–Trinajstić information content (AvgIpc) is 3.01. The van der Waals surface area contributed by atoms with Crippen LogP contribution in [0.2, 0.25) is 0 Å². The Morgan fingerprint density at radius 3 is 2.52 bits per heavy atom. The van der Waals surface area contributed by atoms with E-state index >= 15 is 0 Å². The second kappa shape index (κ2) is 7.85. The van der Waals surface area contributed by atoms with Crippen LogP contribution in [0, 0.1) is 0 Å². The van der Waals surface area contributed by atoms with Crippen molar-refractivity contribution in [3.05, 3.63) is 19.2 Å². The van der Waals surface area contributed by atoms with Gasteiger partial charge in [-0.2, -0.15) is 0 Å². The maximum absolute atomic E-state index is 11.9. The summed E-state index contributed by atoms with van der Waals surface area (Å²) < 4.78 is 7.54. The number of carbonyl (C=O) groups is 1. The SMILES string of the molecule is CC(C)(C)OC(=O)NCC1(NCc2cc(Br)c(Br)s2)CCCC1. The van der Waals surface area contributed by atoms with Gasteiger partial charge < -0.3 is 15.4 Å². The summed E-state index contributed by atoms with van der Waals surface area (Å²) in [5, 5.41) is 6.60. The van der Waals surface area contributed by atoms with E-state index in [1.54, 1.807) is 11.3 Å². The van der Waals surface area contributed by atoms with Gasteiger partial charge >= 0.3 is 6.09 Å². The molecular weight excluding hydrogens is 444 g/mol. The number of carbonyl (C=O) groups excluding carboxylic acids is 1. The third-order valence-corrected chi connectivity index (χ3v) is 7.12. The zero-order valence-electron chi connectivity index (χ0n) is 13.8. The van der Waals surface area contributed by atoms with E-state index in [1.165, 1.54) is 17.7 Å². The van der Waals surface area contributed by atoms with E-state index in [1.807, 2.05) is 20.8 Å². The lowest BCUT2D eigenvalue weighted by Gasteiger charge is -2.31. The van der Waals surface area contributed by atoms with E-state index in [-0.39, 0.29) is 11.6 Å². The largest absolute Gasteiger partial charge is 0.444 e. The Hall–Kier alpha value is -0.110. The molecule has 1 aliphatic rings. The number of thiophene rings is 1. The Kier molecular flexibility index (Phi) is 6.56. The minimum atomic E-state index is -0.462. The van der Waals surface area contributed by atoms with E-state index in [2.05, 4.69) is 48.6 Å². The molecule has 7 heteroatoms. The van der Waals surface area contributed by atoms with Crippen LogP contribution in [0.1, 0.15) is 51.3 Å². The summed E-state index contributed by atoms with van der Waals surface area (Å²) in [4.78, 5) is 13.2. The molecule has 0 bridgehead atoms. The predicted octanol–water partition coefficient (Wildman–Crippen LogP) is 5.20. The van der Waals surface area contributed by atoms with Gasteiger partial charge in [0, 0.05) is 28.0 Å². The summed E-state index contributed by atoms with van der Waals surface area (Å²) in [6.07, 6.45) is 4.21. The lowest BCUT2D eigenvalue weighted by atomic mass is 9.97. The zero-order valence-corrected chi connectivity index (χ0v) is 17.8. The van der Waals surface area contributed by atoms with Gasteiger partial charge in [0.05, 0.1) is 3.79 Å². The highest BCUT2D eigenvalue weighted by molar-refractivity contribution is 9.13. The molecule has 2 N–H and O–H groups in total. The molecule has 1 amide bonds. The molecule has 4 nitrogen and oxygen atoms in total. The normalized spacial score (nSPS) is 17.3. The Morgan fingerprint density at radius 2 is 2.00 bits per heavy atom. The molecule has 0 radical (unpaired) electrons. The molecule has 1 aromatic heterocycles. The highest BCUT2D eigenvalue weighted by Gasteiger charge is 2.34. The molecule has 23 heavy (non-hydrogen) atoms. The van der Waals surface area contributed by atoms with Crippen molar-refractivity contribution in [2.75, 3.05) is 6.54 Å². The van der Waals surface area contributed by atoms with Crippen LogP contribution < -0.4 is 10.6 Å². The van der Waals surface area contributed by atoms with Crippen molar-refractivity contribution in [1.29, 1.82) is 0 Å². The molecule has 0 aromatic carbocycles. The van der Waals surface area contributed by atoms with Crippen molar-refractivity contribution in [3.8, 4) is 0 Å². The molecule has 1 aliphatic carbocycles. The summed E-state index contributed by atoms with van der Waals surface area (Å²) in [6.45, 7) is 7.05. The van der Waals surface area contributed by atoms with E-state index in [0.29, 0.717) is 6.54 Å². The summed E-state index contributed by atoms with van der Waals surface area (Å²) in [7, 11) is 0. The maximum atomic E-state index is 11.9. The van der Waals surface area contributed by atoms with Gasteiger partial charge in [-0.25, -0.2) is 4.79 Å². The number of amides is 1. The van der Waals surface area contributed by atoms with Crippen LogP contribution in [-0.4, -0.2) is 23.8 Å². The molecule has 0 saturated heterocycles. The predicted molar refractivity (Wildman–Crippen MR) is 102 cm³/mol. The highest BCUT2D eigenvalue weighted by Crippen LogP contribution is 2.34. The smallest absolute Gasteiger partial charge is 0.407 e. The number of rotatable bonds is 5. The first kappa shape index (κ1) is 19.2. The minimum absolute atomic E-state index is 0.0279. The number of hydrogen-bond donors (Lipinski definition) is 2. The number of alkyl carbamates (subject to hydrolysis) is 1. The fraction of sp³-hybridized carbons (Fsp3) is 0.688. The summed E-state index contributed by atoms with van der Waals surface area (Å²) >= 11 is 8.78. The van der Waals surface area contributed by atoms with Gasteiger partial charge in [0.1, 0.15) is 5.60 Å². The van der Waals surface area contributed by atoms with E-state index in [9.17, 15) is 4.79 Å². The minimum Gasteiger partial charge on any atom is -0.444 e. The molecule has 0 atom stereocenters. The summed E-state index contributed by atoms with van der Waals surface area (Å²) in [5.74, 6) is 0. The molecule has 1 fully saturated rings. The van der Waals surface area contributed by atoms with Gasteiger partial charge in [-0.1, -0.05) is 12.8 Å². The first-order valence-electron chi connectivity index (χ1n) is 7.85. The van der Waals surface area contributed by atoms with Crippen LogP contribution in [0.5, 0.6) is 0 Å². The number of ether oxygens (including phenoxy) is 1. The van der Waals surface area contributed by atoms with Crippen LogP contribution in [0.15, 0.2) is 14.3 Å². The Balaban J connectivity index is 1.90. The van der Waals surface area contributed by atoms with Crippen molar-refractivity contribution in [3.63, 3.8) is 0 Å². The van der Waals surface area contributed by atoms with Crippen LogP contribution in [0.25, 0.3) is 0 Å². The molecule has 1 aromatic rings. The van der Waals surface area contributed by atoms with Gasteiger partial charge in [0.25, 0.3) is 0 Å². The van der Waals surface area contributed by atoms with E-state index < -0.39 is 5.60 Å². The van der Waals surface area contributed by atoms with Gasteiger partial charge in [-0.15, -0.1) is 11.3 Å². The standard InChI is InChI=1S/C16H24Br2N2O2S/c1-15(2,3)22-14(21)19-10-16(6-4-5-7-16)20-9-11-8-12(17)13(18)23-11/h8,20H,4-7,9-10H2,1-3H3,(H,19,21). The number of halogens is 2. The Labute approximate surface area is 159 Å². The lowest BCUT2D eigenvalue weighted by molar-refractivity contribution is 0.0509. The quantitative estimate of drug-likeness (QED) is 0.625. The van der Waals surface area contributed by atoms with Crippen molar-refractivity contribution in [1.82, 2.24) is 10.6 Å². The molecule has 0 unspecified atom stereocenters. The van der Waals surface area contributed by atoms with Crippen LogP contribution >= 0.6 is 43.2 Å². The van der Waals surface area contributed by atoms with E-state index in [0.717, 1.165) is 27.6 Å². The molecule has 0 spiro atoms. The first-order valence-corrected chi connectivity index (χ1v) is 10.2. The third-order valence-electron chi connectivity index (χ3n) is 3.86. The average molecular weight is 468 g/mol. The van der Waals surface area contributed by atoms with E-state index in [4.69, 9.17) is 4.74 Å². The fourth-order valence-corrected chi connectivity index (χ4v) is 4.89. The third kappa shape index (κ3) is 6.03. The molecule has 1 heterocycles. The Bertz CT molecular complexity index is 529. The lowest BCUT2D eigenvalue weighted by Crippen LogP contribution is -2.51. The highest BCUT2D eigenvalue weighted by atomic mass is 79.9. The molecule has 2 rings (SSSR count). The van der Waals surface area contributed by atoms with Crippen molar-refractivity contribution >= 4 is 49.3 Å². The van der Waals surface area contributed by atoms with Crippen molar-refractivity contribution in [2.45, 2.75) is 64.1 Å². The topological polar surface area (TPSA) is 50.4 Å². The zero-order chi connectivity index (χ0) is 17.1. The Morgan fingerprint density at radius 1 is 1.35 bits per heavy atom. The molecule has 0 aliphatic heterocycles. The van der Waals surface area contributed by atoms with Crippen molar-refractivity contribution < 1.29 is 9.53 Å². The van der Waals surface area contributed by atoms with Crippen LogP contribution in [-0.2, 0) is 11.3 Å². The fourth-order valence-electron chi connectivity index (χ4n) is 2.78. The van der Waals surface area contributed by atoms with Gasteiger partial charge in [0.15, 0.2) is 0 Å². The number of nitrogens with one attached hydrogen (secondary N) is 2. The molecule has 130 valence electrons. The summed E-state index contributed by atoms with van der Waals surface area (Å²) in [6, 6.07) is 2.13. The monoisotopic (exact) mass is 466 g/mol. The second-order valence-corrected chi connectivity index (χ2v) is 10.3. The first-order chi connectivity index (χ1) is 10.7. The van der Waals surface area contributed by atoms with Crippen LogP contribution in [0.3, 0.4) is 0 Å². The molecular formula is C16H24Br2N2O2S. The van der Waals surface area contributed by atoms with Gasteiger partial charge in [-0.3, -0.25) is 0 Å². The molecule has 1 saturated carbocycles. The second-order valence-electron chi connectivity index (χ2n) is 7.03.